The number of carbonyl (C=O) groups excluding carboxylic acids is 2. The van der Waals surface area contributed by atoms with E-state index in [1.165, 1.54) is 0 Å². The van der Waals surface area contributed by atoms with Gasteiger partial charge in [0.1, 0.15) is 17.3 Å². The second kappa shape index (κ2) is 10.2. The van der Waals surface area contributed by atoms with E-state index in [1.54, 1.807) is 30.0 Å². The maximum atomic E-state index is 13.2. The molecule has 2 aliphatic heterocycles. The van der Waals surface area contributed by atoms with E-state index >= 15 is 0 Å². The number of rotatable bonds is 6. The van der Waals surface area contributed by atoms with Gasteiger partial charge in [0.2, 0.25) is 5.76 Å². The molecular formula is C26H31N3O5. The largest absolute Gasteiger partial charge is 0.460 e. The summed E-state index contributed by atoms with van der Waals surface area (Å²) in [5.74, 6) is -1.74. The first-order valence-corrected chi connectivity index (χ1v) is 11.6. The molecule has 1 aromatic rings. The fourth-order valence-electron chi connectivity index (χ4n) is 5.38. The van der Waals surface area contributed by atoms with E-state index in [2.05, 4.69) is 24.4 Å². The molecule has 8 nitrogen and oxygen atoms in total. The number of esters is 1. The maximum Gasteiger partial charge on any atom is 0.410 e. The summed E-state index contributed by atoms with van der Waals surface area (Å²) in [7, 11) is 0. The van der Waals surface area contributed by atoms with Gasteiger partial charge in [-0.3, -0.25) is 0 Å². The van der Waals surface area contributed by atoms with Gasteiger partial charge in [-0.1, -0.05) is 6.58 Å². The predicted molar refractivity (Wildman–Crippen MR) is 122 cm³/mol. The number of hydrogen-bond acceptors (Lipinski definition) is 7. The Bertz CT molecular complexity index is 1040. The molecule has 0 N–H and O–H groups in total. The van der Waals surface area contributed by atoms with Gasteiger partial charge in [0.15, 0.2) is 0 Å². The molecule has 3 unspecified atom stereocenters. The molecule has 2 bridgehead atoms. The monoisotopic (exact) mass is 465 g/mol. The van der Waals surface area contributed by atoms with Crippen LogP contribution >= 0.6 is 0 Å². The minimum Gasteiger partial charge on any atom is -0.460 e. The number of amides is 1. The van der Waals surface area contributed by atoms with Crippen molar-refractivity contribution >= 4 is 12.1 Å². The minimum absolute atomic E-state index is 0.0946. The molecular weight excluding hydrogens is 434 g/mol. The van der Waals surface area contributed by atoms with Crippen molar-refractivity contribution in [3.8, 4) is 12.1 Å². The number of piperidine rings is 1. The first-order chi connectivity index (χ1) is 16.1. The van der Waals surface area contributed by atoms with Crippen molar-refractivity contribution in [3.05, 3.63) is 42.0 Å². The van der Waals surface area contributed by atoms with Crippen molar-refractivity contribution in [2.45, 2.75) is 64.6 Å². The van der Waals surface area contributed by atoms with Crippen molar-refractivity contribution < 1.29 is 23.5 Å². The third-order valence-corrected chi connectivity index (χ3v) is 6.50. The number of nitrogens with zero attached hydrogens (tertiary/aromatic N) is 3. The van der Waals surface area contributed by atoms with E-state index < -0.39 is 23.6 Å². The van der Waals surface area contributed by atoms with Crippen LogP contribution in [0.1, 0.15) is 56.9 Å². The first-order valence-electron chi connectivity index (χ1n) is 11.6. The normalized spacial score (nSPS) is 25.7. The van der Waals surface area contributed by atoms with Crippen LogP contribution in [0.4, 0.5) is 4.79 Å². The van der Waals surface area contributed by atoms with E-state index in [1.807, 2.05) is 20.8 Å². The zero-order chi connectivity index (χ0) is 25.0. The van der Waals surface area contributed by atoms with Crippen molar-refractivity contribution in [3.63, 3.8) is 0 Å². The van der Waals surface area contributed by atoms with Crippen LogP contribution in [0.15, 0.2) is 34.9 Å². The van der Waals surface area contributed by atoms with Gasteiger partial charge in [0.05, 0.1) is 18.7 Å². The number of nitriles is 2. The van der Waals surface area contributed by atoms with Gasteiger partial charge >= 0.3 is 12.1 Å². The Morgan fingerprint density at radius 1 is 1.26 bits per heavy atom. The lowest BCUT2D eigenvalue weighted by molar-refractivity contribution is -0.0298. The van der Waals surface area contributed by atoms with Crippen LogP contribution in [0.2, 0.25) is 0 Å². The van der Waals surface area contributed by atoms with E-state index in [0.29, 0.717) is 18.6 Å². The molecule has 3 rings (SSSR count). The van der Waals surface area contributed by atoms with E-state index in [4.69, 9.17) is 13.9 Å². The Morgan fingerprint density at radius 2 is 1.94 bits per heavy atom. The molecule has 0 radical (unpaired) electrons. The highest BCUT2D eigenvalue weighted by Gasteiger charge is 2.56. The Hall–Kier alpha value is -3.48. The van der Waals surface area contributed by atoms with Gasteiger partial charge in [0, 0.05) is 30.3 Å². The van der Waals surface area contributed by atoms with Crippen LogP contribution in [-0.2, 0) is 15.9 Å². The smallest absolute Gasteiger partial charge is 0.410 e. The SMILES string of the molecule is C=C=C[C@@H]1C(C(C#N)C#N)[C@H](Cc2ccc(C(=O)OCC)o2)C2CCC1N2C(=O)OC(C)(C)C. The third-order valence-electron chi connectivity index (χ3n) is 6.50. The Balaban J connectivity index is 2.02. The van der Waals surface area contributed by atoms with E-state index in [9.17, 15) is 20.1 Å². The summed E-state index contributed by atoms with van der Waals surface area (Å²) in [4.78, 5) is 27.1. The molecule has 34 heavy (non-hydrogen) atoms. The second-order valence-electron chi connectivity index (χ2n) is 9.72. The summed E-state index contributed by atoms with van der Waals surface area (Å²) in [5, 5.41) is 19.6. The first kappa shape index (κ1) is 25.1. The molecule has 2 saturated heterocycles. The fourth-order valence-corrected chi connectivity index (χ4v) is 5.38. The summed E-state index contributed by atoms with van der Waals surface area (Å²) in [6.45, 7) is 11.1. The maximum absolute atomic E-state index is 13.2. The third kappa shape index (κ3) is 5.03. The molecule has 1 amide bonds. The molecule has 0 saturated carbocycles. The summed E-state index contributed by atoms with van der Waals surface area (Å²) in [6.07, 6.45) is 3.14. The van der Waals surface area contributed by atoms with Crippen molar-refractivity contribution in [1.29, 1.82) is 10.5 Å². The molecule has 1 aromatic heterocycles. The van der Waals surface area contributed by atoms with Gasteiger partial charge in [-0.05, 0) is 64.7 Å². The van der Waals surface area contributed by atoms with Crippen molar-refractivity contribution in [2.75, 3.05) is 6.61 Å². The predicted octanol–water partition coefficient (Wildman–Crippen LogP) is 4.63. The van der Waals surface area contributed by atoms with Gasteiger partial charge in [-0.2, -0.15) is 10.5 Å². The van der Waals surface area contributed by atoms with Gasteiger partial charge in [-0.25, -0.2) is 9.59 Å². The lowest BCUT2D eigenvalue weighted by atomic mass is 9.66. The lowest BCUT2D eigenvalue weighted by Gasteiger charge is -2.48. The van der Waals surface area contributed by atoms with Gasteiger partial charge in [0.25, 0.3) is 0 Å². The molecule has 0 spiro atoms. The molecule has 0 aromatic carbocycles. The van der Waals surface area contributed by atoms with Crippen LogP contribution in [0.3, 0.4) is 0 Å². The summed E-state index contributed by atoms with van der Waals surface area (Å²) in [5.41, 5.74) is 2.16. The molecule has 2 aliphatic rings. The van der Waals surface area contributed by atoms with Gasteiger partial charge in [-0.15, -0.1) is 5.73 Å². The molecule has 8 heteroatoms. The topological polar surface area (TPSA) is 117 Å². The highest BCUT2D eigenvalue weighted by molar-refractivity contribution is 5.86. The summed E-state index contributed by atoms with van der Waals surface area (Å²) in [6, 6.07) is 7.10. The molecule has 2 fully saturated rings. The minimum atomic E-state index is -0.886. The molecule has 180 valence electrons. The average Bonchev–Trinajstić information content (AvgIpc) is 3.38. The van der Waals surface area contributed by atoms with E-state index in [-0.39, 0.29) is 42.2 Å². The van der Waals surface area contributed by atoms with Crippen LogP contribution in [0, 0.1) is 46.3 Å². The highest BCUT2D eigenvalue weighted by Crippen LogP contribution is 2.50. The number of fused-ring (bicyclic) bond motifs is 2. The molecule has 0 aliphatic carbocycles. The number of carbonyl (C=O) groups is 2. The van der Waals surface area contributed by atoms with Crippen LogP contribution in [-0.4, -0.2) is 41.3 Å². The fraction of sp³-hybridized carbons (Fsp3) is 0.577. The summed E-state index contributed by atoms with van der Waals surface area (Å²) >= 11 is 0. The number of furan rings is 1. The Kier molecular flexibility index (Phi) is 7.54. The van der Waals surface area contributed by atoms with Crippen molar-refractivity contribution in [2.24, 2.45) is 23.7 Å². The zero-order valence-corrected chi connectivity index (χ0v) is 20.1. The zero-order valence-electron chi connectivity index (χ0n) is 20.1. The average molecular weight is 466 g/mol. The van der Waals surface area contributed by atoms with E-state index in [0.717, 1.165) is 6.42 Å². The molecule has 5 atom stereocenters. The summed E-state index contributed by atoms with van der Waals surface area (Å²) < 4.78 is 16.5. The standard InChI is InChI=1S/C26H31N3O5/c1-6-8-18-20-10-11-21(29(20)25(31)34-26(3,4)5)19(23(18)16(14-27)15-28)13-17-9-12-22(33-17)24(30)32-7-2/h8-9,12,16,18-21,23H,1,7,10-11,13H2,2-5H3/t18-,19+,20?,21?,23?/m0/s1. The highest BCUT2D eigenvalue weighted by atomic mass is 16.6. The Labute approximate surface area is 200 Å². The lowest BCUT2D eigenvalue weighted by Crippen LogP contribution is -2.58. The quantitative estimate of drug-likeness (QED) is 0.444. The molecule has 3 heterocycles. The van der Waals surface area contributed by atoms with Crippen LogP contribution in [0.25, 0.3) is 0 Å². The van der Waals surface area contributed by atoms with Crippen LogP contribution in [0.5, 0.6) is 0 Å². The van der Waals surface area contributed by atoms with Crippen LogP contribution < -0.4 is 0 Å². The Morgan fingerprint density at radius 3 is 2.53 bits per heavy atom. The number of hydrogen-bond donors (Lipinski definition) is 0. The number of ether oxygens (including phenoxy) is 2. The van der Waals surface area contributed by atoms with Gasteiger partial charge < -0.3 is 18.8 Å². The second-order valence-corrected chi connectivity index (χ2v) is 9.72. The van der Waals surface area contributed by atoms with Crippen molar-refractivity contribution in [1.82, 2.24) is 4.90 Å².